The molecule has 5 heteroatoms. The lowest BCUT2D eigenvalue weighted by atomic mass is 9.62. The van der Waals surface area contributed by atoms with E-state index in [4.69, 9.17) is 0 Å². The minimum atomic E-state index is -0.421. The van der Waals surface area contributed by atoms with Gasteiger partial charge in [-0.25, -0.2) is 4.39 Å². The standard InChI is InChI=1S/C28H33FN2O2/c29-23-11-7-8-21(18-23)24-20-30-25(32)19-27(24)14-16-31(17-15-27)26(33)28(12-5-2-6-13-28)22-9-3-1-4-10-22/h1,3-4,7-11,18,24H,2,5-6,12-17,19-20H2,(H,30,32). The molecule has 174 valence electrons. The molecule has 2 aliphatic heterocycles. The molecule has 0 bridgehead atoms. The summed E-state index contributed by atoms with van der Waals surface area (Å²) in [4.78, 5) is 28.5. The van der Waals surface area contributed by atoms with Crippen LogP contribution in [0, 0.1) is 11.2 Å². The topological polar surface area (TPSA) is 49.4 Å². The normalized spacial score (nSPS) is 24.3. The molecular weight excluding hydrogens is 415 g/mol. The summed E-state index contributed by atoms with van der Waals surface area (Å²) in [7, 11) is 0. The fraction of sp³-hybridized carbons (Fsp3) is 0.500. The van der Waals surface area contributed by atoms with Crippen LogP contribution < -0.4 is 5.32 Å². The van der Waals surface area contributed by atoms with Crippen LogP contribution in [0.4, 0.5) is 4.39 Å². The van der Waals surface area contributed by atoms with Gasteiger partial charge in [0, 0.05) is 32.0 Å². The van der Waals surface area contributed by atoms with E-state index in [1.807, 2.05) is 24.3 Å². The number of rotatable bonds is 3. The number of carbonyl (C=O) groups excluding carboxylic acids is 2. The van der Waals surface area contributed by atoms with Crippen LogP contribution in [0.3, 0.4) is 0 Å². The second-order valence-corrected chi connectivity index (χ2v) is 10.3. The zero-order chi connectivity index (χ0) is 22.9. The van der Waals surface area contributed by atoms with Crippen LogP contribution in [0.5, 0.6) is 0 Å². The molecule has 0 aromatic heterocycles. The van der Waals surface area contributed by atoms with E-state index in [0.717, 1.165) is 49.7 Å². The van der Waals surface area contributed by atoms with Crippen molar-refractivity contribution >= 4 is 11.8 Å². The summed E-state index contributed by atoms with van der Waals surface area (Å²) in [5.41, 5.74) is 1.45. The first-order valence-electron chi connectivity index (χ1n) is 12.4. The SMILES string of the molecule is O=C1CC2(CCN(C(=O)C3(c4ccccc4)CCCCC3)CC2)C(c2cccc(F)c2)CN1. The number of piperidine rings is 2. The van der Waals surface area contributed by atoms with Gasteiger partial charge in [-0.05, 0) is 54.4 Å². The number of nitrogens with one attached hydrogen (secondary N) is 1. The van der Waals surface area contributed by atoms with Crippen molar-refractivity contribution in [1.29, 1.82) is 0 Å². The average Bonchev–Trinajstić information content (AvgIpc) is 2.85. The van der Waals surface area contributed by atoms with Crippen LogP contribution in [0.2, 0.25) is 0 Å². The maximum Gasteiger partial charge on any atom is 0.233 e. The van der Waals surface area contributed by atoms with Gasteiger partial charge < -0.3 is 10.2 Å². The lowest BCUT2D eigenvalue weighted by molar-refractivity contribution is -0.142. The second kappa shape index (κ2) is 8.92. The predicted molar refractivity (Wildman–Crippen MR) is 126 cm³/mol. The lowest BCUT2D eigenvalue weighted by Crippen LogP contribution is -2.56. The van der Waals surface area contributed by atoms with Gasteiger partial charge in [0.2, 0.25) is 11.8 Å². The van der Waals surface area contributed by atoms with Gasteiger partial charge in [0.15, 0.2) is 0 Å². The van der Waals surface area contributed by atoms with Gasteiger partial charge in [-0.1, -0.05) is 61.7 Å². The third kappa shape index (κ3) is 4.07. The Labute approximate surface area is 195 Å². The maximum atomic E-state index is 14.0. The van der Waals surface area contributed by atoms with E-state index in [1.165, 1.54) is 12.5 Å². The largest absolute Gasteiger partial charge is 0.355 e. The summed E-state index contributed by atoms with van der Waals surface area (Å²) in [6.07, 6.45) is 7.17. The number of nitrogens with zero attached hydrogens (tertiary/aromatic N) is 1. The molecule has 4 nitrogen and oxygen atoms in total. The highest BCUT2D eigenvalue weighted by Crippen LogP contribution is 2.50. The predicted octanol–water partition coefficient (Wildman–Crippen LogP) is 4.94. The highest BCUT2D eigenvalue weighted by atomic mass is 19.1. The van der Waals surface area contributed by atoms with Gasteiger partial charge in [0.1, 0.15) is 5.82 Å². The summed E-state index contributed by atoms with van der Waals surface area (Å²) in [5.74, 6) is 0.150. The van der Waals surface area contributed by atoms with Gasteiger partial charge in [0.05, 0.1) is 5.41 Å². The van der Waals surface area contributed by atoms with E-state index >= 15 is 0 Å². The molecule has 1 saturated carbocycles. The van der Waals surface area contributed by atoms with Crippen molar-refractivity contribution in [2.24, 2.45) is 5.41 Å². The molecule has 2 aromatic carbocycles. The number of hydrogen-bond donors (Lipinski definition) is 1. The summed E-state index contributed by atoms with van der Waals surface area (Å²) < 4.78 is 14.0. The first-order chi connectivity index (χ1) is 16.0. The number of carbonyl (C=O) groups is 2. The van der Waals surface area contributed by atoms with Crippen LogP contribution in [-0.4, -0.2) is 36.3 Å². The van der Waals surface area contributed by atoms with E-state index < -0.39 is 5.41 Å². The highest BCUT2D eigenvalue weighted by molar-refractivity contribution is 5.88. The Balaban J connectivity index is 1.38. The molecule has 2 amide bonds. The third-order valence-electron chi connectivity index (χ3n) is 8.50. The Kier molecular flexibility index (Phi) is 5.98. The zero-order valence-corrected chi connectivity index (χ0v) is 19.2. The van der Waals surface area contributed by atoms with E-state index in [0.29, 0.717) is 26.1 Å². The monoisotopic (exact) mass is 448 g/mol. The summed E-state index contributed by atoms with van der Waals surface area (Å²) in [5, 5.41) is 2.99. The van der Waals surface area contributed by atoms with Gasteiger partial charge in [-0.3, -0.25) is 9.59 Å². The van der Waals surface area contributed by atoms with E-state index in [-0.39, 0.29) is 29.0 Å². The van der Waals surface area contributed by atoms with Crippen molar-refractivity contribution < 1.29 is 14.0 Å². The highest BCUT2D eigenvalue weighted by Gasteiger charge is 2.49. The Bertz CT molecular complexity index is 1010. The molecule has 1 unspecified atom stereocenters. The number of benzene rings is 2. The molecule has 1 aliphatic carbocycles. The quantitative estimate of drug-likeness (QED) is 0.723. The Hall–Kier alpha value is -2.69. The van der Waals surface area contributed by atoms with E-state index in [2.05, 4.69) is 22.3 Å². The Morgan fingerprint density at radius 3 is 2.36 bits per heavy atom. The molecule has 2 heterocycles. The van der Waals surface area contributed by atoms with Crippen LogP contribution in [0.25, 0.3) is 0 Å². The van der Waals surface area contributed by atoms with Crippen molar-refractivity contribution in [2.45, 2.75) is 62.7 Å². The first-order valence-corrected chi connectivity index (χ1v) is 12.4. The molecule has 2 aromatic rings. The minimum Gasteiger partial charge on any atom is -0.355 e. The van der Waals surface area contributed by atoms with Crippen molar-refractivity contribution in [2.75, 3.05) is 19.6 Å². The van der Waals surface area contributed by atoms with Crippen molar-refractivity contribution in [3.8, 4) is 0 Å². The van der Waals surface area contributed by atoms with Crippen LogP contribution in [0.15, 0.2) is 54.6 Å². The van der Waals surface area contributed by atoms with Crippen molar-refractivity contribution in [3.05, 3.63) is 71.5 Å². The molecule has 5 rings (SSSR count). The van der Waals surface area contributed by atoms with Gasteiger partial charge >= 0.3 is 0 Å². The lowest BCUT2D eigenvalue weighted by Gasteiger charge is -2.50. The van der Waals surface area contributed by atoms with Crippen LogP contribution >= 0.6 is 0 Å². The number of amides is 2. The summed E-state index contributed by atoms with van der Waals surface area (Å²) >= 11 is 0. The number of hydrogen-bond acceptors (Lipinski definition) is 2. The fourth-order valence-corrected chi connectivity index (χ4v) is 6.65. The van der Waals surface area contributed by atoms with Crippen LogP contribution in [0.1, 0.15) is 68.4 Å². The second-order valence-electron chi connectivity index (χ2n) is 10.3. The molecule has 2 saturated heterocycles. The van der Waals surface area contributed by atoms with E-state index in [9.17, 15) is 14.0 Å². The van der Waals surface area contributed by atoms with Gasteiger partial charge in [-0.15, -0.1) is 0 Å². The molecule has 33 heavy (non-hydrogen) atoms. The minimum absolute atomic E-state index is 0.0652. The molecular formula is C28H33FN2O2. The molecule has 1 spiro atoms. The van der Waals surface area contributed by atoms with Crippen molar-refractivity contribution in [3.63, 3.8) is 0 Å². The fourth-order valence-electron chi connectivity index (χ4n) is 6.65. The summed E-state index contributed by atoms with van der Waals surface area (Å²) in [6, 6.07) is 17.1. The summed E-state index contributed by atoms with van der Waals surface area (Å²) in [6.45, 7) is 1.85. The molecule has 1 N–H and O–H groups in total. The first kappa shape index (κ1) is 22.1. The smallest absolute Gasteiger partial charge is 0.233 e. The molecule has 3 aliphatic rings. The number of likely N-dealkylation sites (tertiary alicyclic amines) is 1. The van der Waals surface area contributed by atoms with Crippen LogP contribution in [-0.2, 0) is 15.0 Å². The average molecular weight is 449 g/mol. The molecule has 0 radical (unpaired) electrons. The van der Waals surface area contributed by atoms with E-state index in [1.54, 1.807) is 12.1 Å². The molecule has 1 atom stereocenters. The third-order valence-corrected chi connectivity index (χ3v) is 8.50. The molecule has 3 fully saturated rings. The van der Waals surface area contributed by atoms with Gasteiger partial charge in [-0.2, -0.15) is 0 Å². The van der Waals surface area contributed by atoms with Gasteiger partial charge in [0.25, 0.3) is 0 Å². The maximum absolute atomic E-state index is 14.0. The van der Waals surface area contributed by atoms with Crippen molar-refractivity contribution in [1.82, 2.24) is 10.2 Å². The Morgan fingerprint density at radius 2 is 1.67 bits per heavy atom. The Morgan fingerprint density at radius 1 is 0.939 bits per heavy atom. The zero-order valence-electron chi connectivity index (χ0n) is 19.2. The number of halogens is 1.